The lowest BCUT2D eigenvalue weighted by Gasteiger charge is -2.31. The molecule has 1 unspecified atom stereocenters. The molecule has 2 amide bonds. The van der Waals surface area contributed by atoms with Crippen molar-refractivity contribution in [2.24, 2.45) is 0 Å². The van der Waals surface area contributed by atoms with E-state index in [2.05, 4.69) is 32.7 Å². The molecule has 1 atom stereocenters. The van der Waals surface area contributed by atoms with E-state index in [1.165, 1.54) is 23.1 Å². The maximum absolute atomic E-state index is 13.1. The van der Waals surface area contributed by atoms with Crippen molar-refractivity contribution in [2.45, 2.75) is 42.7 Å². The molecule has 9 nitrogen and oxygen atoms in total. The van der Waals surface area contributed by atoms with Crippen molar-refractivity contribution in [3.8, 4) is 0 Å². The zero-order chi connectivity index (χ0) is 25.3. The summed E-state index contributed by atoms with van der Waals surface area (Å²) >= 11 is 8.19. The number of amides is 2. The van der Waals surface area contributed by atoms with Crippen LogP contribution in [-0.4, -0.2) is 69.9 Å². The Morgan fingerprint density at radius 3 is 2.89 bits per heavy atom. The number of carbonyl (C=O) groups is 2. The number of thioether (sulfide) groups is 1. The summed E-state index contributed by atoms with van der Waals surface area (Å²) in [5, 5.41) is 6.79. The van der Waals surface area contributed by atoms with Crippen LogP contribution in [0, 0.1) is 0 Å². The molecule has 2 fully saturated rings. The molecule has 2 aromatic heterocycles. The van der Waals surface area contributed by atoms with Crippen LogP contribution in [-0.2, 0) is 4.74 Å². The Hall–Kier alpha value is -2.54. The first-order chi connectivity index (χ1) is 17.5. The average molecular weight is 547 g/mol. The maximum Gasteiger partial charge on any atom is 0.289 e. The van der Waals surface area contributed by atoms with Crippen LogP contribution in [0.2, 0.25) is 0 Å². The van der Waals surface area contributed by atoms with E-state index in [1.54, 1.807) is 23.7 Å². The molecule has 2 aliphatic rings. The fourth-order valence-corrected chi connectivity index (χ4v) is 5.95. The summed E-state index contributed by atoms with van der Waals surface area (Å²) in [6, 6.07) is 3.62. The fraction of sp³-hybridized carbons (Fsp3) is 0.458. The lowest BCUT2D eigenvalue weighted by atomic mass is 9.97. The van der Waals surface area contributed by atoms with Crippen molar-refractivity contribution in [1.82, 2.24) is 31.0 Å². The second-order valence-corrected chi connectivity index (χ2v) is 10.8. The molecular weight excluding hydrogens is 517 g/mol. The minimum atomic E-state index is -0.340. The van der Waals surface area contributed by atoms with Crippen LogP contribution in [0.4, 0.5) is 0 Å². The molecule has 2 aliphatic heterocycles. The Bertz CT molecular complexity index is 1080. The van der Waals surface area contributed by atoms with E-state index in [9.17, 15) is 9.59 Å². The average Bonchev–Trinajstić information content (AvgIpc) is 3.62. The van der Waals surface area contributed by atoms with Crippen molar-refractivity contribution in [3.63, 3.8) is 0 Å². The SMILES string of the molecule is C=CCSc1ncccc1C(=O)N1CCC(c2nc(C(=O)NNC(=S)NCC3CCCO3)cs2)CC1. The van der Waals surface area contributed by atoms with Crippen molar-refractivity contribution >= 4 is 52.2 Å². The molecule has 2 saturated heterocycles. The van der Waals surface area contributed by atoms with Gasteiger partial charge in [0.1, 0.15) is 10.7 Å². The molecule has 0 aliphatic carbocycles. The van der Waals surface area contributed by atoms with E-state index in [0.29, 0.717) is 41.8 Å². The van der Waals surface area contributed by atoms with Gasteiger partial charge in [0.15, 0.2) is 5.11 Å². The molecule has 2 aromatic rings. The molecule has 0 saturated carbocycles. The number of aromatic nitrogens is 2. The number of hydrazine groups is 1. The number of carbonyl (C=O) groups excluding carboxylic acids is 2. The summed E-state index contributed by atoms with van der Waals surface area (Å²) in [7, 11) is 0. The number of hydrogen-bond acceptors (Lipinski definition) is 8. The predicted molar refractivity (Wildman–Crippen MR) is 145 cm³/mol. The molecule has 4 heterocycles. The second kappa shape index (κ2) is 13.1. The molecule has 0 radical (unpaired) electrons. The first kappa shape index (κ1) is 26.5. The largest absolute Gasteiger partial charge is 0.376 e. The minimum Gasteiger partial charge on any atom is -0.376 e. The number of ether oxygens (including phenoxy) is 1. The molecule has 4 rings (SSSR count). The van der Waals surface area contributed by atoms with E-state index in [-0.39, 0.29) is 23.8 Å². The van der Waals surface area contributed by atoms with Crippen LogP contribution >= 0.6 is 35.3 Å². The number of rotatable bonds is 8. The first-order valence-electron chi connectivity index (χ1n) is 11.9. The molecule has 0 bridgehead atoms. The Labute approximate surface area is 224 Å². The van der Waals surface area contributed by atoms with Crippen LogP contribution < -0.4 is 16.2 Å². The highest BCUT2D eigenvalue weighted by molar-refractivity contribution is 7.99. The third-order valence-corrected chi connectivity index (χ3v) is 8.28. The monoisotopic (exact) mass is 546 g/mol. The van der Waals surface area contributed by atoms with Gasteiger partial charge >= 0.3 is 0 Å². The number of thiocarbonyl (C=S) groups is 1. The van der Waals surface area contributed by atoms with Crippen LogP contribution in [0.25, 0.3) is 0 Å². The van der Waals surface area contributed by atoms with Gasteiger partial charge in [0, 0.05) is 49.5 Å². The fourth-order valence-electron chi connectivity index (χ4n) is 4.12. The molecule has 0 aromatic carbocycles. The van der Waals surface area contributed by atoms with Crippen molar-refractivity contribution < 1.29 is 14.3 Å². The number of nitrogens with zero attached hydrogens (tertiary/aromatic N) is 3. The highest BCUT2D eigenvalue weighted by atomic mass is 32.2. The van der Waals surface area contributed by atoms with E-state index in [0.717, 1.165) is 42.3 Å². The molecular formula is C24H30N6O3S3. The van der Waals surface area contributed by atoms with E-state index in [1.807, 2.05) is 11.0 Å². The zero-order valence-corrected chi connectivity index (χ0v) is 22.4. The van der Waals surface area contributed by atoms with Gasteiger partial charge < -0.3 is 15.0 Å². The molecule has 192 valence electrons. The second-order valence-electron chi connectivity index (χ2n) is 8.52. The number of piperidine rings is 1. The summed E-state index contributed by atoms with van der Waals surface area (Å²) in [5.74, 6) is 0.577. The van der Waals surface area contributed by atoms with Crippen LogP contribution in [0.1, 0.15) is 57.5 Å². The van der Waals surface area contributed by atoms with E-state index >= 15 is 0 Å². The Balaban J connectivity index is 1.24. The number of hydrogen-bond donors (Lipinski definition) is 3. The lowest BCUT2D eigenvalue weighted by Crippen LogP contribution is -2.48. The summed E-state index contributed by atoms with van der Waals surface area (Å²) in [6.07, 6.45) is 7.33. The normalized spacial score (nSPS) is 18.0. The predicted octanol–water partition coefficient (Wildman–Crippen LogP) is 3.12. The number of likely N-dealkylation sites (tertiary alicyclic amines) is 1. The number of thiazole rings is 1. The van der Waals surface area contributed by atoms with Crippen molar-refractivity contribution in [1.29, 1.82) is 0 Å². The van der Waals surface area contributed by atoms with Gasteiger partial charge in [-0.25, -0.2) is 9.97 Å². The van der Waals surface area contributed by atoms with Crippen molar-refractivity contribution in [3.05, 3.63) is 52.6 Å². The number of nitrogens with one attached hydrogen (secondary N) is 3. The number of pyridine rings is 1. The summed E-state index contributed by atoms with van der Waals surface area (Å²) < 4.78 is 5.55. The molecule has 0 spiro atoms. The smallest absolute Gasteiger partial charge is 0.289 e. The highest BCUT2D eigenvalue weighted by Crippen LogP contribution is 2.31. The van der Waals surface area contributed by atoms with Crippen LogP contribution in [0.5, 0.6) is 0 Å². The topological polar surface area (TPSA) is 108 Å². The molecule has 36 heavy (non-hydrogen) atoms. The van der Waals surface area contributed by atoms with Gasteiger partial charge in [0.05, 0.1) is 16.7 Å². The standard InChI is InChI=1S/C24H30N6O3S3/c1-2-13-35-22-18(6-3-9-25-22)23(32)30-10-7-16(8-11-30)21-27-19(15-36-21)20(31)28-29-24(34)26-14-17-5-4-12-33-17/h2-3,6,9,15-17H,1,4-5,7-8,10-14H2,(H,28,31)(H2,26,29,34). The quantitative estimate of drug-likeness (QED) is 0.199. The summed E-state index contributed by atoms with van der Waals surface area (Å²) in [5.41, 5.74) is 6.29. The maximum atomic E-state index is 13.1. The third-order valence-electron chi connectivity index (χ3n) is 6.03. The van der Waals surface area contributed by atoms with Gasteiger partial charge in [-0.2, -0.15) is 0 Å². The lowest BCUT2D eigenvalue weighted by molar-refractivity contribution is 0.0708. The van der Waals surface area contributed by atoms with Crippen LogP contribution in [0.15, 0.2) is 41.4 Å². The third kappa shape index (κ3) is 7.02. The summed E-state index contributed by atoms with van der Waals surface area (Å²) in [4.78, 5) is 36.4. The Morgan fingerprint density at radius 1 is 1.31 bits per heavy atom. The van der Waals surface area contributed by atoms with Gasteiger partial charge in [-0.05, 0) is 50.0 Å². The minimum absolute atomic E-state index is 0.00228. The van der Waals surface area contributed by atoms with Crippen LogP contribution in [0.3, 0.4) is 0 Å². The van der Waals surface area contributed by atoms with E-state index < -0.39 is 0 Å². The molecule has 3 N–H and O–H groups in total. The van der Waals surface area contributed by atoms with Gasteiger partial charge in [-0.3, -0.25) is 20.4 Å². The van der Waals surface area contributed by atoms with Gasteiger partial charge in [-0.1, -0.05) is 6.08 Å². The Kier molecular flexibility index (Phi) is 9.67. The van der Waals surface area contributed by atoms with Crippen molar-refractivity contribution in [2.75, 3.05) is 32.0 Å². The first-order valence-corrected chi connectivity index (χ1v) is 14.2. The molecule has 12 heteroatoms. The van der Waals surface area contributed by atoms with Gasteiger partial charge in [-0.15, -0.1) is 29.7 Å². The van der Waals surface area contributed by atoms with Gasteiger partial charge in [0.25, 0.3) is 11.8 Å². The highest BCUT2D eigenvalue weighted by Gasteiger charge is 2.28. The zero-order valence-electron chi connectivity index (χ0n) is 19.9. The van der Waals surface area contributed by atoms with E-state index in [4.69, 9.17) is 17.0 Å². The Morgan fingerprint density at radius 2 is 2.14 bits per heavy atom. The van der Waals surface area contributed by atoms with Gasteiger partial charge in [0.2, 0.25) is 0 Å². The summed E-state index contributed by atoms with van der Waals surface area (Å²) in [6.45, 7) is 6.40.